The minimum absolute atomic E-state index is 0.155. The van der Waals surface area contributed by atoms with E-state index in [0.717, 1.165) is 0 Å². The van der Waals surface area contributed by atoms with E-state index in [2.05, 4.69) is 15.9 Å². The summed E-state index contributed by atoms with van der Waals surface area (Å²) in [6.07, 6.45) is -1.99. The van der Waals surface area contributed by atoms with Crippen LogP contribution in [0, 0.1) is 0 Å². The highest BCUT2D eigenvalue weighted by atomic mass is 79.9. The summed E-state index contributed by atoms with van der Waals surface area (Å²) in [6, 6.07) is 4.75. The normalized spacial score (nSPS) is 10.3. The van der Waals surface area contributed by atoms with E-state index in [-0.39, 0.29) is 11.3 Å². The molecule has 0 heterocycles. The zero-order valence-electron chi connectivity index (χ0n) is 7.04. The standard InChI is InChI=1S/C9H7BrF2O2/c10-7-3-1-2-6(4-13)9(7)14-5-8(11)12/h1-4,8H,5H2. The molecule has 0 fully saturated rings. The minimum Gasteiger partial charge on any atom is -0.486 e. The molecule has 0 saturated carbocycles. The summed E-state index contributed by atoms with van der Waals surface area (Å²) in [5.41, 5.74) is 0.250. The zero-order chi connectivity index (χ0) is 10.6. The average molecular weight is 265 g/mol. The largest absolute Gasteiger partial charge is 0.486 e. The minimum atomic E-state index is -2.55. The summed E-state index contributed by atoms with van der Waals surface area (Å²) in [4.78, 5) is 10.5. The molecule has 0 saturated heterocycles. The van der Waals surface area contributed by atoms with Crippen LogP contribution in [0.15, 0.2) is 22.7 Å². The van der Waals surface area contributed by atoms with Gasteiger partial charge in [0.25, 0.3) is 6.43 Å². The van der Waals surface area contributed by atoms with Crippen LogP contribution in [-0.4, -0.2) is 19.3 Å². The third kappa shape index (κ3) is 2.77. The van der Waals surface area contributed by atoms with E-state index in [1.54, 1.807) is 12.1 Å². The molecule has 5 heteroatoms. The van der Waals surface area contributed by atoms with Gasteiger partial charge in [-0.1, -0.05) is 6.07 Å². The molecule has 0 spiro atoms. The van der Waals surface area contributed by atoms with Gasteiger partial charge in [0.1, 0.15) is 12.4 Å². The molecule has 1 aromatic carbocycles. The quantitative estimate of drug-likeness (QED) is 0.782. The Kier molecular flexibility index (Phi) is 4.00. The van der Waals surface area contributed by atoms with Crippen molar-refractivity contribution in [3.63, 3.8) is 0 Å². The summed E-state index contributed by atoms with van der Waals surface area (Å²) in [5, 5.41) is 0. The first-order chi connectivity index (χ1) is 6.65. The van der Waals surface area contributed by atoms with Crippen molar-refractivity contribution in [3.8, 4) is 5.75 Å². The summed E-state index contributed by atoms with van der Waals surface area (Å²) in [5.74, 6) is 0.155. The lowest BCUT2D eigenvalue weighted by Gasteiger charge is -2.09. The molecule has 76 valence electrons. The van der Waals surface area contributed by atoms with Crippen molar-refractivity contribution in [1.29, 1.82) is 0 Å². The number of carbonyl (C=O) groups excluding carboxylic acids is 1. The smallest absolute Gasteiger partial charge is 0.272 e. The van der Waals surface area contributed by atoms with Gasteiger partial charge >= 0.3 is 0 Å². The molecule has 2 nitrogen and oxygen atoms in total. The van der Waals surface area contributed by atoms with Crippen molar-refractivity contribution in [2.24, 2.45) is 0 Å². The first-order valence-electron chi connectivity index (χ1n) is 3.79. The molecule has 14 heavy (non-hydrogen) atoms. The average Bonchev–Trinajstić information content (AvgIpc) is 2.15. The van der Waals surface area contributed by atoms with Crippen molar-refractivity contribution in [2.75, 3.05) is 6.61 Å². The number of alkyl halides is 2. The lowest BCUT2D eigenvalue weighted by molar-refractivity contribution is 0.0805. The Labute approximate surface area is 88.0 Å². The number of para-hydroxylation sites is 1. The van der Waals surface area contributed by atoms with Gasteiger partial charge in [-0.3, -0.25) is 4.79 Å². The highest BCUT2D eigenvalue weighted by molar-refractivity contribution is 9.10. The second-order valence-electron chi connectivity index (χ2n) is 2.48. The molecule has 0 aliphatic carbocycles. The summed E-state index contributed by atoms with van der Waals surface area (Å²) in [6.45, 7) is -0.719. The maximum Gasteiger partial charge on any atom is 0.272 e. The monoisotopic (exact) mass is 264 g/mol. The zero-order valence-corrected chi connectivity index (χ0v) is 8.63. The molecule has 0 atom stereocenters. The molecule has 0 radical (unpaired) electrons. The van der Waals surface area contributed by atoms with Crippen LogP contribution in [0.1, 0.15) is 10.4 Å². The highest BCUT2D eigenvalue weighted by Crippen LogP contribution is 2.28. The third-order valence-corrected chi connectivity index (χ3v) is 2.10. The predicted molar refractivity (Wildman–Crippen MR) is 51.0 cm³/mol. The molecular weight excluding hydrogens is 258 g/mol. The van der Waals surface area contributed by atoms with E-state index in [0.29, 0.717) is 10.8 Å². The van der Waals surface area contributed by atoms with Crippen molar-refractivity contribution >= 4 is 22.2 Å². The Morgan fingerprint density at radius 1 is 1.50 bits per heavy atom. The number of halogens is 3. The molecule has 0 unspecified atom stereocenters. The van der Waals surface area contributed by atoms with Gasteiger partial charge in [0, 0.05) is 0 Å². The topological polar surface area (TPSA) is 26.3 Å². The molecule has 0 aromatic heterocycles. The van der Waals surface area contributed by atoms with Crippen LogP contribution in [0.5, 0.6) is 5.75 Å². The first kappa shape index (κ1) is 11.1. The fourth-order valence-corrected chi connectivity index (χ4v) is 1.41. The Balaban J connectivity index is 2.87. The van der Waals surface area contributed by atoms with Crippen molar-refractivity contribution in [3.05, 3.63) is 28.2 Å². The van der Waals surface area contributed by atoms with Gasteiger partial charge in [-0.2, -0.15) is 0 Å². The number of benzene rings is 1. The van der Waals surface area contributed by atoms with E-state index in [4.69, 9.17) is 4.74 Å². The Hall–Kier alpha value is -0.970. The van der Waals surface area contributed by atoms with Gasteiger partial charge in [0.2, 0.25) is 0 Å². The van der Waals surface area contributed by atoms with E-state index >= 15 is 0 Å². The van der Waals surface area contributed by atoms with Gasteiger partial charge in [-0.05, 0) is 28.1 Å². The van der Waals surface area contributed by atoms with Crippen LogP contribution in [0.4, 0.5) is 8.78 Å². The van der Waals surface area contributed by atoms with Crippen molar-refractivity contribution in [1.82, 2.24) is 0 Å². The van der Waals surface area contributed by atoms with Crippen molar-refractivity contribution in [2.45, 2.75) is 6.43 Å². The van der Waals surface area contributed by atoms with E-state index < -0.39 is 13.0 Å². The second-order valence-corrected chi connectivity index (χ2v) is 3.33. The Morgan fingerprint density at radius 3 is 2.79 bits per heavy atom. The maximum atomic E-state index is 11.9. The maximum absolute atomic E-state index is 11.9. The van der Waals surface area contributed by atoms with Gasteiger partial charge < -0.3 is 4.74 Å². The number of carbonyl (C=O) groups is 1. The molecule has 0 bridgehead atoms. The SMILES string of the molecule is O=Cc1cccc(Br)c1OCC(F)F. The summed E-state index contributed by atoms with van der Waals surface area (Å²) >= 11 is 3.11. The van der Waals surface area contributed by atoms with Crippen LogP contribution >= 0.6 is 15.9 Å². The van der Waals surface area contributed by atoms with Gasteiger partial charge in [0.05, 0.1) is 10.0 Å². The first-order valence-corrected chi connectivity index (χ1v) is 4.59. The molecular formula is C9H7BrF2O2. The van der Waals surface area contributed by atoms with Crippen molar-refractivity contribution < 1.29 is 18.3 Å². The van der Waals surface area contributed by atoms with Crippen LogP contribution in [0.3, 0.4) is 0 Å². The summed E-state index contributed by atoms with van der Waals surface area (Å²) < 4.78 is 29.0. The number of hydrogen-bond donors (Lipinski definition) is 0. The predicted octanol–water partition coefficient (Wildman–Crippen LogP) is 2.91. The third-order valence-electron chi connectivity index (χ3n) is 1.48. The Morgan fingerprint density at radius 2 is 2.21 bits per heavy atom. The van der Waals surface area contributed by atoms with Crippen LogP contribution in [0.2, 0.25) is 0 Å². The van der Waals surface area contributed by atoms with Crippen LogP contribution < -0.4 is 4.74 Å². The summed E-state index contributed by atoms with van der Waals surface area (Å²) in [7, 11) is 0. The van der Waals surface area contributed by atoms with E-state index in [1.807, 2.05) is 0 Å². The fourth-order valence-electron chi connectivity index (χ4n) is 0.917. The number of rotatable bonds is 4. The van der Waals surface area contributed by atoms with Crippen LogP contribution in [0.25, 0.3) is 0 Å². The highest BCUT2D eigenvalue weighted by Gasteiger charge is 2.10. The van der Waals surface area contributed by atoms with Gasteiger partial charge in [-0.15, -0.1) is 0 Å². The molecule has 1 aromatic rings. The number of hydrogen-bond acceptors (Lipinski definition) is 2. The second kappa shape index (κ2) is 5.05. The van der Waals surface area contributed by atoms with Crippen LogP contribution in [-0.2, 0) is 0 Å². The number of ether oxygens (including phenoxy) is 1. The molecule has 0 N–H and O–H groups in total. The lowest BCUT2D eigenvalue weighted by atomic mass is 10.2. The lowest BCUT2D eigenvalue weighted by Crippen LogP contribution is -2.08. The molecule has 0 aliphatic heterocycles. The molecule has 0 amide bonds. The van der Waals surface area contributed by atoms with Gasteiger partial charge in [0.15, 0.2) is 6.29 Å². The van der Waals surface area contributed by atoms with E-state index in [1.165, 1.54) is 6.07 Å². The number of aldehydes is 1. The molecule has 1 rings (SSSR count). The fraction of sp³-hybridized carbons (Fsp3) is 0.222. The van der Waals surface area contributed by atoms with E-state index in [9.17, 15) is 13.6 Å². The Bertz CT molecular complexity index is 329. The molecule has 0 aliphatic rings. The van der Waals surface area contributed by atoms with Gasteiger partial charge in [-0.25, -0.2) is 8.78 Å².